The van der Waals surface area contributed by atoms with Crippen LogP contribution in [-0.4, -0.2) is 24.2 Å². The summed E-state index contributed by atoms with van der Waals surface area (Å²) in [5, 5.41) is 0. The average Bonchev–Trinajstić information content (AvgIpc) is 2.56. The first-order chi connectivity index (χ1) is 10.3. The van der Waals surface area contributed by atoms with Crippen molar-refractivity contribution in [2.45, 2.75) is 31.5 Å². The minimum absolute atomic E-state index is 0.268. The molecule has 1 heterocycles. The van der Waals surface area contributed by atoms with Crippen molar-refractivity contribution in [2.24, 2.45) is 0 Å². The SMILES string of the molecule is COC(OC)c1ccnc(C2CCCc3ccccc32)n1. The van der Waals surface area contributed by atoms with Crippen LogP contribution in [0.4, 0.5) is 0 Å². The van der Waals surface area contributed by atoms with E-state index in [9.17, 15) is 0 Å². The van der Waals surface area contributed by atoms with Crippen molar-refractivity contribution in [1.82, 2.24) is 9.97 Å². The van der Waals surface area contributed by atoms with Crippen LogP contribution in [0, 0.1) is 0 Å². The second-order valence-electron chi connectivity index (χ2n) is 5.29. The average molecular weight is 284 g/mol. The zero-order valence-corrected chi connectivity index (χ0v) is 12.5. The summed E-state index contributed by atoms with van der Waals surface area (Å²) in [5.41, 5.74) is 3.54. The first-order valence-electron chi connectivity index (χ1n) is 7.29. The minimum atomic E-state index is -0.439. The maximum Gasteiger partial charge on any atom is 0.200 e. The smallest absolute Gasteiger partial charge is 0.200 e. The molecule has 0 amide bonds. The molecule has 4 heteroatoms. The molecule has 110 valence electrons. The molecule has 0 aliphatic heterocycles. The predicted octanol–water partition coefficient (Wildman–Crippen LogP) is 3.24. The summed E-state index contributed by atoms with van der Waals surface area (Å²) in [6.07, 6.45) is 4.76. The standard InChI is InChI=1S/C17H20N2O2/c1-20-17(21-2)15-10-11-18-16(19-15)14-9-5-7-12-6-3-4-8-13(12)14/h3-4,6,8,10-11,14,17H,5,7,9H2,1-2H3. The van der Waals surface area contributed by atoms with E-state index in [1.165, 1.54) is 17.5 Å². The van der Waals surface area contributed by atoms with Crippen LogP contribution < -0.4 is 0 Å². The summed E-state index contributed by atoms with van der Waals surface area (Å²) in [5.74, 6) is 1.13. The van der Waals surface area contributed by atoms with Gasteiger partial charge in [0.2, 0.25) is 6.29 Å². The monoisotopic (exact) mass is 284 g/mol. The third-order valence-corrected chi connectivity index (χ3v) is 4.05. The summed E-state index contributed by atoms with van der Waals surface area (Å²) in [4.78, 5) is 9.17. The number of methoxy groups -OCH3 is 2. The predicted molar refractivity (Wildman–Crippen MR) is 80.0 cm³/mol. The Bertz CT molecular complexity index is 611. The Hall–Kier alpha value is -1.78. The molecule has 1 aliphatic rings. The quantitative estimate of drug-likeness (QED) is 0.809. The van der Waals surface area contributed by atoms with Gasteiger partial charge in [-0.2, -0.15) is 0 Å². The van der Waals surface area contributed by atoms with Crippen molar-refractivity contribution in [2.75, 3.05) is 14.2 Å². The largest absolute Gasteiger partial charge is 0.350 e. The van der Waals surface area contributed by atoms with Gasteiger partial charge >= 0.3 is 0 Å². The Morgan fingerprint density at radius 1 is 1.14 bits per heavy atom. The molecule has 0 saturated carbocycles. The molecule has 1 aromatic carbocycles. The van der Waals surface area contributed by atoms with Crippen molar-refractivity contribution in [3.05, 3.63) is 59.2 Å². The molecule has 1 atom stereocenters. The van der Waals surface area contributed by atoms with Crippen molar-refractivity contribution in [3.63, 3.8) is 0 Å². The van der Waals surface area contributed by atoms with Crippen LogP contribution in [0.25, 0.3) is 0 Å². The van der Waals surface area contributed by atoms with Crippen LogP contribution in [0.15, 0.2) is 36.5 Å². The first kappa shape index (κ1) is 14.2. The van der Waals surface area contributed by atoms with E-state index in [1.54, 1.807) is 20.4 Å². The number of rotatable bonds is 4. The van der Waals surface area contributed by atoms with E-state index < -0.39 is 6.29 Å². The van der Waals surface area contributed by atoms with Gasteiger partial charge in [0.05, 0.1) is 5.69 Å². The Morgan fingerprint density at radius 3 is 2.76 bits per heavy atom. The second-order valence-corrected chi connectivity index (χ2v) is 5.29. The molecular weight excluding hydrogens is 264 g/mol. The molecule has 0 fully saturated rings. The number of hydrogen-bond acceptors (Lipinski definition) is 4. The lowest BCUT2D eigenvalue weighted by Gasteiger charge is -2.25. The zero-order valence-electron chi connectivity index (χ0n) is 12.5. The molecule has 0 N–H and O–H groups in total. The van der Waals surface area contributed by atoms with Crippen LogP contribution in [0.1, 0.15) is 47.7 Å². The Kier molecular flexibility index (Phi) is 4.27. The summed E-state index contributed by atoms with van der Waals surface area (Å²) in [6.45, 7) is 0. The highest BCUT2D eigenvalue weighted by molar-refractivity contribution is 5.36. The maximum atomic E-state index is 5.28. The summed E-state index contributed by atoms with van der Waals surface area (Å²) >= 11 is 0. The number of nitrogens with zero attached hydrogens (tertiary/aromatic N) is 2. The van der Waals surface area contributed by atoms with E-state index in [4.69, 9.17) is 9.47 Å². The van der Waals surface area contributed by atoms with Crippen molar-refractivity contribution < 1.29 is 9.47 Å². The van der Waals surface area contributed by atoms with Crippen molar-refractivity contribution in [1.29, 1.82) is 0 Å². The van der Waals surface area contributed by atoms with E-state index in [-0.39, 0.29) is 5.92 Å². The molecule has 4 nitrogen and oxygen atoms in total. The van der Waals surface area contributed by atoms with Crippen molar-refractivity contribution in [3.8, 4) is 0 Å². The van der Waals surface area contributed by atoms with Gasteiger partial charge in [-0.3, -0.25) is 0 Å². The van der Waals surface area contributed by atoms with Crippen LogP contribution in [0.3, 0.4) is 0 Å². The number of aromatic nitrogens is 2. The van der Waals surface area contributed by atoms with E-state index >= 15 is 0 Å². The van der Waals surface area contributed by atoms with Gasteiger partial charge in [-0.05, 0) is 36.5 Å². The molecule has 3 rings (SSSR count). The van der Waals surface area contributed by atoms with Crippen LogP contribution >= 0.6 is 0 Å². The van der Waals surface area contributed by atoms with E-state index in [0.29, 0.717) is 0 Å². The highest BCUT2D eigenvalue weighted by Crippen LogP contribution is 2.35. The van der Waals surface area contributed by atoms with Gasteiger partial charge in [0.15, 0.2) is 0 Å². The summed E-state index contributed by atoms with van der Waals surface area (Å²) < 4.78 is 10.6. The van der Waals surface area contributed by atoms with Crippen LogP contribution in [0.5, 0.6) is 0 Å². The molecule has 1 unspecified atom stereocenters. The van der Waals surface area contributed by atoms with Crippen LogP contribution in [-0.2, 0) is 15.9 Å². The molecule has 1 aromatic heterocycles. The Balaban J connectivity index is 1.96. The fourth-order valence-electron chi connectivity index (χ4n) is 3.05. The maximum absolute atomic E-state index is 5.28. The van der Waals surface area contributed by atoms with Gasteiger partial charge in [-0.15, -0.1) is 0 Å². The number of benzene rings is 1. The highest BCUT2D eigenvalue weighted by atomic mass is 16.7. The third kappa shape index (κ3) is 2.82. The number of fused-ring (bicyclic) bond motifs is 1. The number of ether oxygens (including phenoxy) is 2. The Labute approximate surface area is 125 Å². The lowest BCUT2D eigenvalue weighted by molar-refractivity contribution is -0.108. The normalized spacial score (nSPS) is 17.8. The fraction of sp³-hybridized carbons (Fsp3) is 0.412. The molecule has 2 aromatic rings. The lowest BCUT2D eigenvalue weighted by Crippen LogP contribution is -2.15. The topological polar surface area (TPSA) is 44.2 Å². The number of aryl methyl sites for hydroxylation is 1. The summed E-state index contributed by atoms with van der Waals surface area (Å²) in [6, 6.07) is 10.4. The molecule has 21 heavy (non-hydrogen) atoms. The van der Waals surface area contributed by atoms with Gasteiger partial charge in [0, 0.05) is 26.3 Å². The number of hydrogen-bond donors (Lipinski definition) is 0. The molecular formula is C17H20N2O2. The van der Waals surface area contributed by atoms with Crippen LogP contribution in [0.2, 0.25) is 0 Å². The fourth-order valence-corrected chi connectivity index (χ4v) is 3.05. The molecule has 0 saturated heterocycles. The second kappa shape index (κ2) is 6.33. The highest BCUT2D eigenvalue weighted by Gasteiger charge is 2.24. The molecule has 0 spiro atoms. The molecule has 0 bridgehead atoms. The lowest BCUT2D eigenvalue weighted by atomic mass is 9.82. The van der Waals surface area contributed by atoms with Gasteiger partial charge in [-0.25, -0.2) is 9.97 Å². The van der Waals surface area contributed by atoms with E-state index in [2.05, 4.69) is 34.2 Å². The van der Waals surface area contributed by atoms with Gasteiger partial charge in [0.25, 0.3) is 0 Å². The van der Waals surface area contributed by atoms with Gasteiger partial charge in [0.1, 0.15) is 5.82 Å². The van der Waals surface area contributed by atoms with Gasteiger partial charge < -0.3 is 9.47 Å². The third-order valence-electron chi connectivity index (χ3n) is 4.05. The molecule has 1 aliphatic carbocycles. The zero-order chi connectivity index (χ0) is 14.7. The van der Waals surface area contributed by atoms with E-state index in [1.807, 2.05) is 6.07 Å². The Morgan fingerprint density at radius 2 is 1.95 bits per heavy atom. The first-order valence-corrected chi connectivity index (χ1v) is 7.29. The molecule has 0 radical (unpaired) electrons. The summed E-state index contributed by atoms with van der Waals surface area (Å²) in [7, 11) is 3.23. The van der Waals surface area contributed by atoms with Gasteiger partial charge in [-0.1, -0.05) is 24.3 Å². The minimum Gasteiger partial charge on any atom is -0.350 e. The van der Waals surface area contributed by atoms with E-state index in [0.717, 1.165) is 24.4 Å². The van der Waals surface area contributed by atoms with Crippen molar-refractivity contribution >= 4 is 0 Å².